The molecule has 1 unspecified atom stereocenters. The number of rotatable bonds is 2. The Morgan fingerprint density at radius 2 is 1.91 bits per heavy atom. The van der Waals surface area contributed by atoms with Gasteiger partial charge in [-0.1, -0.05) is 13.0 Å². The van der Waals surface area contributed by atoms with E-state index < -0.39 is 15.6 Å². The molecule has 1 atom stereocenters. The van der Waals surface area contributed by atoms with E-state index in [-0.39, 0.29) is 6.42 Å². The van der Waals surface area contributed by atoms with Crippen molar-refractivity contribution >= 4 is 10.1 Å². The molecule has 0 aromatic carbocycles. The highest BCUT2D eigenvalue weighted by Crippen LogP contribution is 1.96. The van der Waals surface area contributed by atoms with Gasteiger partial charge in [0.15, 0.2) is 5.44 Å². The molecule has 0 aliphatic heterocycles. The van der Waals surface area contributed by atoms with Crippen molar-refractivity contribution in [3.8, 4) is 0 Å². The molecule has 0 aliphatic rings. The van der Waals surface area contributed by atoms with Gasteiger partial charge in [0, 0.05) is 0 Å². The van der Waals surface area contributed by atoms with E-state index in [1.165, 1.54) is 6.92 Å². The molecule has 0 fully saturated rings. The van der Waals surface area contributed by atoms with E-state index in [1.807, 2.05) is 6.92 Å². The van der Waals surface area contributed by atoms with E-state index in [1.54, 1.807) is 6.08 Å². The van der Waals surface area contributed by atoms with Crippen LogP contribution in [0.15, 0.2) is 12.7 Å². The molecule has 4 nitrogen and oxygen atoms in total. The zero-order valence-corrected chi connectivity index (χ0v) is 7.50. The third-order valence-electron chi connectivity index (χ3n) is 0.693. The first kappa shape index (κ1) is 13.2. The second-order valence-corrected chi connectivity index (χ2v) is 3.36. The molecule has 0 spiro atoms. The first-order chi connectivity index (χ1) is 4.90. The molecule has 0 saturated heterocycles. The molecule has 0 saturated carbocycles. The Morgan fingerprint density at radius 1 is 1.64 bits per heavy atom. The van der Waals surface area contributed by atoms with Gasteiger partial charge in [-0.3, -0.25) is 4.55 Å². The normalized spacial score (nSPS) is 12.7. The molecule has 5 heteroatoms. The maximum absolute atomic E-state index is 9.87. The minimum atomic E-state index is -4.20. The summed E-state index contributed by atoms with van der Waals surface area (Å²) in [6, 6.07) is 0. The molecule has 0 heterocycles. The van der Waals surface area contributed by atoms with Gasteiger partial charge in [-0.05, 0) is 13.3 Å². The predicted octanol–water partition coefficient (Wildman–Crippen LogP) is 0.795. The SMILES string of the molecule is C=CC.CCC(O)S(=O)(=O)O. The average Bonchev–Trinajstić information content (AvgIpc) is 1.86. The van der Waals surface area contributed by atoms with Gasteiger partial charge in [-0.2, -0.15) is 8.42 Å². The third kappa shape index (κ3) is 9.61. The lowest BCUT2D eigenvalue weighted by atomic mass is 10.5. The summed E-state index contributed by atoms with van der Waals surface area (Å²) in [5.41, 5.74) is -1.62. The molecule has 68 valence electrons. The molecule has 2 N–H and O–H groups in total. The fourth-order valence-corrected chi connectivity index (χ4v) is 0.632. The van der Waals surface area contributed by atoms with Gasteiger partial charge in [-0.15, -0.1) is 6.58 Å². The molecule has 0 aliphatic carbocycles. The Labute approximate surface area is 67.3 Å². The van der Waals surface area contributed by atoms with Gasteiger partial charge >= 0.3 is 0 Å². The fraction of sp³-hybridized carbons (Fsp3) is 0.667. The molecular weight excluding hydrogens is 168 g/mol. The number of hydrogen-bond donors (Lipinski definition) is 2. The van der Waals surface area contributed by atoms with Crippen LogP contribution in [0.25, 0.3) is 0 Å². The van der Waals surface area contributed by atoms with Crippen LogP contribution in [0.2, 0.25) is 0 Å². The van der Waals surface area contributed by atoms with Gasteiger partial charge in [0.1, 0.15) is 0 Å². The van der Waals surface area contributed by atoms with E-state index in [0.29, 0.717) is 0 Å². The second-order valence-electron chi connectivity index (χ2n) is 1.79. The van der Waals surface area contributed by atoms with E-state index >= 15 is 0 Å². The first-order valence-corrected chi connectivity index (χ1v) is 4.61. The zero-order chi connectivity index (χ0) is 9.49. The molecule has 0 amide bonds. The Kier molecular flexibility index (Phi) is 7.60. The molecule has 0 radical (unpaired) electrons. The monoisotopic (exact) mass is 182 g/mol. The van der Waals surface area contributed by atoms with Crippen molar-refractivity contribution < 1.29 is 18.1 Å². The minimum Gasteiger partial charge on any atom is -0.375 e. The van der Waals surface area contributed by atoms with Crippen molar-refractivity contribution in [1.29, 1.82) is 0 Å². The second kappa shape index (κ2) is 6.33. The van der Waals surface area contributed by atoms with Crippen LogP contribution < -0.4 is 0 Å². The van der Waals surface area contributed by atoms with Crippen LogP contribution >= 0.6 is 0 Å². The summed E-state index contributed by atoms with van der Waals surface area (Å²) in [6.07, 6.45) is 1.76. The van der Waals surface area contributed by atoms with E-state index in [0.717, 1.165) is 0 Å². The van der Waals surface area contributed by atoms with Crippen molar-refractivity contribution in [3.05, 3.63) is 12.7 Å². The Bertz CT molecular complexity index is 183. The lowest BCUT2D eigenvalue weighted by Crippen LogP contribution is -2.17. The molecule has 11 heavy (non-hydrogen) atoms. The smallest absolute Gasteiger partial charge is 0.291 e. The zero-order valence-electron chi connectivity index (χ0n) is 6.69. The summed E-state index contributed by atoms with van der Waals surface area (Å²) in [4.78, 5) is 0. The van der Waals surface area contributed by atoms with Gasteiger partial charge in [0.05, 0.1) is 0 Å². The van der Waals surface area contributed by atoms with Crippen molar-refractivity contribution in [2.45, 2.75) is 25.7 Å². The van der Waals surface area contributed by atoms with E-state index in [9.17, 15) is 8.42 Å². The lowest BCUT2D eigenvalue weighted by molar-refractivity contribution is 0.229. The van der Waals surface area contributed by atoms with Crippen LogP contribution in [0.4, 0.5) is 0 Å². The van der Waals surface area contributed by atoms with Gasteiger partial charge < -0.3 is 5.11 Å². The lowest BCUT2D eigenvalue weighted by Gasteiger charge is -1.99. The van der Waals surface area contributed by atoms with Crippen LogP contribution in [0.3, 0.4) is 0 Å². The summed E-state index contributed by atoms with van der Waals surface area (Å²) in [5, 5.41) is 8.36. The number of hydrogen-bond acceptors (Lipinski definition) is 3. The van der Waals surface area contributed by atoms with Crippen LogP contribution in [0.1, 0.15) is 20.3 Å². The number of allylic oxidation sites excluding steroid dienone is 1. The van der Waals surface area contributed by atoms with Crippen LogP contribution in [-0.2, 0) is 10.1 Å². The summed E-state index contributed by atoms with van der Waals surface area (Å²) < 4.78 is 27.7. The number of aliphatic hydroxyl groups is 1. The maximum Gasteiger partial charge on any atom is 0.291 e. The summed E-state index contributed by atoms with van der Waals surface area (Å²) in [7, 11) is -4.20. The summed E-state index contributed by atoms with van der Waals surface area (Å²) in [6.45, 7) is 6.71. The van der Waals surface area contributed by atoms with Gasteiger partial charge in [-0.25, -0.2) is 0 Å². The van der Waals surface area contributed by atoms with Crippen molar-refractivity contribution in [2.24, 2.45) is 0 Å². The molecule has 0 bridgehead atoms. The molecule has 0 rings (SSSR count). The van der Waals surface area contributed by atoms with Gasteiger partial charge in [0.2, 0.25) is 0 Å². The van der Waals surface area contributed by atoms with Crippen molar-refractivity contribution in [2.75, 3.05) is 0 Å². The first-order valence-electron chi connectivity index (χ1n) is 3.11. The van der Waals surface area contributed by atoms with Crippen molar-refractivity contribution in [1.82, 2.24) is 0 Å². The topological polar surface area (TPSA) is 74.6 Å². The Hall–Kier alpha value is -0.390. The van der Waals surface area contributed by atoms with Crippen molar-refractivity contribution in [3.63, 3.8) is 0 Å². The van der Waals surface area contributed by atoms with Crippen LogP contribution in [0.5, 0.6) is 0 Å². The molecule has 0 aromatic rings. The standard InChI is InChI=1S/C3H8O4S.C3H6/c1-2-3(4)8(5,6)7;1-3-2/h3-4H,2H2,1H3,(H,5,6,7);3H,1H2,2H3. The highest BCUT2D eigenvalue weighted by atomic mass is 32.2. The summed E-state index contributed by atoms with van der Waals surface area (Å²) in [5.74, 6) is 0. The molecular formula is C6H14O4S. The quantitative estimate of drug-likeness (QED) is 0.489. The molecule has 0 aromatic heterocycles. The number of aliphatic hydroxyl groups excluding tert-OH is 1. The largest absolute Gasteiger partial charge is 0.375 e. The van der Waals surface area contributed by atoms with Crippen LogP contribution in [0, 0.1) is 0 Å². The maximum atomic E-state index is 9.87. The Balaban J connectivity index is 0. The van der Waals surface area contributed by atoms with Crippen LogP contribution in [-0.4, -0.2) is 23.5 Å². The third-order valence-corrected chi connectivity index (χ3v) is 1.71. The highest BCUT2D eigenvalue weighted by molar-refractivity contribution is 7.86. The van der Waals surface area contributed by atoms with E-state index in [2.05, 4.69) is 6.58 Å². The Morgan fingerprint density at radius 3 is 1.91 bits per heavy atom. The minimum absolute atomic E-state index is 0.0127. The predicted molar refractivity (Wildman–Crippen MR) is 43.7 cm³/mol. The summed E-state index contributed by atoms with van der Waals surface area (Å²) >= 11 is 0. The fourth-order valence-electron chi connectivity index (χ4n) is 0.211. The van der Waals surface area contributed by atoms with E-state index in [4.69, 9.17) is 9.66 Å². The average molecular weight is 182 g/mol. The van der Waals surface area contributed by atoms with Gasteiger partial charge in [0.25, 0.3) is 10.1 Å². The highest BCUT2D eigenvalue weighted by Gasteiger charge is 2.15.